The van der Waals surface area contributed by atoms with Crippen molar-refractivity contribution in [3.8, 4) is 0 Å². The highest BCUT2D eigenvalue weighted by atomic mass is 35.5. The van der Waals surface area contributed by atoms with Gasteiger partial charge in [-0.2, -0.15) is 0 Å². The molecule has 0 unspecified atom stereocenters. The summed E-state index contributed by atoms with van der Waals surface area (Å²) in [6, 6.07) is 5.62. The zero-order valence-electron chi connectivity index (χ0n) is 6.81. The fourth-order valence-electron chi connectivity index (χ4n) is 0.954. The van der Waals surface area contributed by atoms with E-state index in [1.807, 2.05) is 12.1 Å². The van der Waals surface area contributed by atoms with Crippen LogP contribution in [0.3, 0.4) is 0 Å². The van der Waals surface area contributed by atoms with E-state index in [0.29, 0.717) is 16.7 Å². The minimum Gasteiger partial charge on any atom is -0.384 e. The lowest BCUT2D eigenvalue weighted by molar-refractivity contribution is 0.202. The fraction of sp³-hybridized carbons (Fsp3) is 0.333. The van der Waals surface area contributed by atoms with Crippen LogP contribution in [0.1, 0.15) is 5.56 Å². The van der Waals surface area contributed by atoms with Crippen LogP contribution in [-0.4, -0.2) is 13.7 Å². The van der Waals surface area contributed by atoms with E-state index in [4.69, 9.17) is 27.9 Å². The molecule has 0 spiro atoms. The lowest BCUT2D eigenvalue weighted by Gasteiger charge is -2.03. The molecular formula is C9H10Cl2O. The normalized spacial score (nSPS) is 10.2. The van der Waals surface area contributed by atoms with Gasteiger partial charge in [0, 0.05) is 7.11 Å². The van der Waals surface area contributed by atoms with Crippen LogP contribution < -0.4 is 0 Å². The summed E-state index contributed by atoms with van der Waals surface area (Å²) in [4.78, 5) is 0. The molecule has 0 saturated heterocycles. The summed E-state index contributed by atoms with van der Waals surface area (Å²) >= 11 is 11.8. The van der Waals surface area contributed by atoms with Gasteiger partial charge in [0.2, 0.25) is 0 Å². The molecule has 0 aliphatic rings. The average molecular weight is 205 g/mol. The Kier molecular flexibility index (Phi) is 3.86. The Labute approximate surface area is 82.2 Å². The Morgan fingerprint density at radius 3 is 2.75 bits per heavy atom. The second-order valence-electron chi connectivity index (χ2n) is 2.46. The van der Waals surface area contributed by atoms with Gasteiger partial charge in [-0.3, -0.25) is 0 Å². The molecule has 1 aromatic carbocycles. The van der Waals surface area contributed by atoms with Gasteiger partial charge >= 0.3 is 0 Å². The third kappa shape index (κ3) is 2.37. The van der Waals surface area contributed by atoms with Crippen molar-refractivity contribution in [2.24, 2.45) is 0 Å². The van der Waals surface area contributed by atoms with Gasteiger partial charge in [0.05, 0.1) is 16.7 Å². The van der Waals surface area contributed by atoms with Crippen LogP contribution in [-0.2, 0) is 11.2 Å². The Morgan fingerprint density at radius 2 is 2.08 bits per heavy atom. The van der Waals surface area contributed by atoms with Crippen LogP contribution in [0.5, 0.6) is 0 Å². The predicted molar refractivity (Wildman–Crippen MR) is 52.0 cm³/mol. The lowest BCUT2D eigenvalue weighted by atomic mass is 10.2. The molecule has 1 aromatic rings. The molecule has 3 heteroatoms. The summed E-state index contributed by atoms with van der Waals surface area (Å²) in [5.41, 5.74) is 1.03. The molecule has 0 saturated carbocycles. The summed E-state index contributed by atoms with van der Waals surface area (Å²) in [6.07, 6.45) is 0.801. The van der Waals surface area contributed by atoms with E-state index in [9.17, 15) is 0 Å². The molecule has 0 aliphatic heterocycles. The monoisotopic (exact) mass is 204 g/mol. The van der Waals surface area contributed by atoms with Crippen molar-refractivity contribution in [1.82, 2.24) is 0 Å². The van der Waals surface area contributed by atoms with Gasteiger partial charge in [-0.05, 0) is 18.1 Å². The Morgan fingerprint density at radius 1 is 1.33 bits per heavy atom. The first kappa shape index (κ1) is 9.85. The van der Waals surface area contributed by atoms with Crippen molar-refractivity contribution >= 4 is 23.2 Å². The van der Waals surface area contributed by atoms with Gasteiger partial charge in [0.15, 0.2) is 0 Å². The summed E-state index contributed by atoms with van der Waals surface area (Å²) < 4.78 is 4.94. The summed E-state index contributed by atoms with van der Waals surface area (Å²) in [6.45, 7) is 0.667. The second kappa shape index (κ2) is 4.70. The maximum Gasteiger partial charge on any atom is 0.0625 e. The van der Waals surface area contributed by atoms with Crippen molar-refractivity contribution in [1.29, 1.82) is 0 Å². The first-order valence-electron chi connectivity index (χ1n) is 3.67. The highest BCUT2D eigenvalue weighted by Crippen LogP contribution is 2.25. The molecule has 66 valence electrons. The molecule has 0 radical (unpaired) electrons. The Hall–Kier alpha value is -0.240. The molecule has 0 bridgehead atoms. The van der Waals surface area contributed by atoms with E-state index in [1.54, 1.807) is 13.2 Å². The summed E-state index contributed by atoms with van der Waals surface area (Å²) in [7, 11) is 1.67. The predicted octanol–water partition coefficient (Wildman–Crippen LogP) is 3.18. The largest absolute Gasteiger partial charge is 0.384 e. The standard InChI is InChI=1S/C9H10Cl2O/c1-12-6-5-7-3-2-4-8(10)9(7)11/h2-4H,5-6H2,1H3. The molecule has 0 amide bonds. The van der Waals surface area contributed by atoms with E-state index < -0.39 is 0 Å². The molecule has 0 heterocycles. The highest BCUT2D eigenvalue weighted by Gasteiger charge is 2.02. The summed E-state index contributed by atoms with van der Waals surface area (Å²) in [5, 5.41) is 1.24. The van der Waals surface area contributed by atoms with Crippen molar-refractivity contribution in [2.75, 3.05) is 13.7 Å². The smallest absolute Gasteiger partial charge is 0.0625 e. The molecule has 1 nitrogen and oxygen atoms in total. The van der Waals surface area contributed by atoms with Crippen molar-refractivity contribution in [3.63, 3.8) is 0 Å². The van der Waals surface area contributed by atoms with E-state index in [-0.39, 0.29) is 0 Å². The SMILES string of the molecule is COCCc1cccc(Cl)c1Cl. The number of hydrogen-bond donors (Lipinski definition) is 0. The molecule has 0 aliphatic carbocycles. The fourth-order valence-corrected chi connectivity index (χ4v) is 1.37. The zero-order chi connectivity index (χ0) is 8.97. The molecule has 0 fully saturated rings. The molecule has 0 aromatic heterocycles. The van der Waals surface area contributed by atoms with Crippen LogP contribution in [0.25, 0.3) is 0 Å². The third-order valence-electron chi connectivity index (χ3n) is 1.61. The minimum absolute atomic E-state index is 0.602. The molecule has 0 N–H and O–H groups in total. The third-order valence-corrected chi connectivity index (χ3v) is 2.47. The second-order valence-corrected chi connectivity index (χ2v) is 3.24. The zero-order valence-corrected chi connectivity index (χ0v) is 8.32. The van der Waals surface area contributed by atoms with Crippen molar-refractivity contribution in [3.05, 3.63) is 33.8 Å². The van der Waals surface area contributed by atoms with Crippen molar-refractivity contribution < 1.29 is 4.74 Å². The summed E-state index contributed by atoms with van der Waals surface area (Å²) in [5.74, 6) is 0. The topological polar surface area (TPSA) is 9.23 Å². The first-order chi connectivity index (χ1) is 5.75. The number of ether oxygens (including phenoxy) is 1. The molecule has 12 heavy (non-hydrogen) atoms. The Balaban J connectivity index is 2.78. The maximum absolute atomic E-state index is 5.94. The van der Waals surface area contributed by atoms with Crippen LogP contribution in [0.2, 0.25) is 10.0 Å². The number of methoxy groups -OCH3 is 1. The average Bonchev–Trinajstić information content (AvgIpc) is 2.08. The van der Waals surface area contributed by atoms with E-state index in [1.165, 1.54) is 0 Å². The van der Waals surface area contributed by atoms with E-state index >= 15 is 0 Å². The Bertz CT molecular complexity index is 261. The minimum atomic E-state index is 0.602. The number of hydrogen-bond acceptors (Lipinski definition) is 1. The van der Waals surface area contributed by atoms with Gasteiger partial charge in [0.1, 0.15) is 0 Å². The number of halogens is 2. The maximum atomic E-state index is 5.94. The lowest BCUT2D eigenvalue weighted by Crippen LogP contribution is -1.95. The first-order valence-corrected chi connectivity index (χ1v) is 4.43. The number of benzene rings is 1. The van der Waals surface area contributed by atoms with Crippen molar-refractivity contribution in [2.45, 2.75) is 6.42 Å². The van der Waals surface area contributed by atoms with Crippen LogP contribution in [0.15, 0.2) is 18.2 Å². The quantitative estimate of drug-likeness (QED) is 0.736. The molecule has 0 atom stereocenters. The van der Waals surface area contributed by atoms with Gasteiger partial charge in [0.25, 0.3) is 0 Å². The van der Waals surface area contributed by atoms with Crippen LogP contribution >= 0.6 is 23.2 Å². The van der Waals surface area contributed by atoms with Gasteiger partial charge in [-0.1, -0.05) is 35.3 Å². The number of rotatable bonds is 3. The van der Waals surface area contributed by atoms with Crippen LogP contribution in [0.4, 0.5) is 0 Å². The van der Waals surface area contributed by atoms with E-state index in [2.05, 4.69) is 0 Å². The van der Waals surface area contributed by atoms with Crippen LogP contribution in [0, 0.1) is 0 Å². The van der Waals surface area contributed by atoms with Gasteiger partial charge < -0.3 is 4.74 Å². The molecular weight excluding hydrogens is 195 g/mol. The van der Waals surface area contributed by atoms with Gasteiger partial charge in [-0.25, -0.2) is 0 Å². The van der Waals surface area contributed by atoms with E-state index in [0.717, 1.165) is 12.0 Å². The van der Waals surface area contributed by atoms with Gasteiger partial charge in [-0.15, -0.1) is 0 Å². The highest BCUT2D eigenvalue weighted by molar-refractivity contribution is 6.42. The molecule has 1 rings (SSSR count).